The van der Waals surface area contributed by atoms with E-state index in [9.17, 15) is 0 Å². The average molecular weight is 304 g/mol. The summed E-state index contributed by atoms with van der Waals surface area (Å²) in [5, 5.41) is 10.3. The Morgan fingerprint density at radius 2 is 2.15 bits per heavy atom. The molecule has 0 saturated carbocycles. The van der Waals surface area contributed by atoms with Crippen molar-refractivity contribution in [3.63, 3.8) is 0 Å². The van der Waals surface area contributed by atoms with Gasteiger partial charge in [0.25, 0.3) is 0 Å². The number of rotatable bonds is 1. The number of hydrogen-bond acceptors (Lipinski definition) is 2. The van der Waals surface area contributed by atoms with Crippen molar-refractivity contribution >= 4 is 44.0 Å². The fraction of sp³-hybridized carbons (Fsp3) is 0.200. The van der Waals surface area contributed by atoms with Crippen molar-refractivity contribution in [1.29, 1.82) is 0 Å². The molecule has 0 aliphatic heterocycles. The van der Waals surface area contributed by atoms with E-state index in [1.807, 2.05) is 6.07 Å². The first-order valence-electron chi connectivity index (χ1n) is 4.00. The summed E-state index contributed by atoms with van der Waals surface area (Å²) in [5.41, 5.74) is 2.25. The number of aliphatic hydroxyl groups is 1. The van der Waals surface area contributed by atoms with Gasteiger partial charge in [0.05, 0.1) is 9.49 Å². The molecular weight excluding hydrogens is 295 g/mol. The molecule has 1 N–H and O–H groups in total. The van der Waals surface area contributed by atoms with Crippen molar-refractivity contribution in [3.8, 4) is 0 Å². The number of halogens is 1. The lowest BCUT2D eigenvalue weighted by Gasteiger charge is -1.99. The maximum atomic E-state index is 9.03. The molecule has 0 amide bonds. The number of fused-ring (bicyclic) bond motifs is 1. The second-order valence-electron chi connectivity index (χ2n) is 3.03. The Balaban J connectivity index is 2.75. The van der Waals surface area contributed by atoms with Crippen molar-refractivity contribution in [2.75, 3.05) is 0 Å². The highest BCUT2D eigenvalue weighted by molar-refractivity contribution is 14.1. The number of aliphatic hydroxyl groups excluding tert-OH is 1. The van der Waals surface area contributed by atoms with Gasteiger partial charge in [-0.15, -0.1) is 11.3 Å². The Kier molecular flexibility index (Phi) is 2.58. The summed E-state index contributed by atoms with van der Waals surface area (Å²) in [4.78, 5) is 0. The summed E-state index contributed by atoms with van der Waals surface area (Å²) in [6.07, 6.45) is 0. The van der Waals surface area contributed by atoms with Crippen LogP contribution in [0.2, 0.25) is 0 Å². The van der Waals surface area contributed by atoms with Gasteiger partial charge in [-0.05, 0) is 58.2 Å². The van der Waals surface area contributed by atoms with Gasteiger partial charge in [0.1, 0.15) is 0 Å². The number of thiophene rings is 1. The van der Waals surface area contributed by atoms with Crippen molar-refractivity contribution < 1.29 is 5.11 Å². The van der Waals surface area contributed by atoms with Crippen LogP contribution in [0, 0.1) is 9.81 Å². The maximum absolute atomic E-state index is 9.03. The van der Waals surface area contributed by atoms with Gasteiger partial charge in [-0.1, -0.05) is 6.07 Å². The van der Waals surface area contributed by atoms with E-state index in [1.54, 1.807) is 11.3 Å². The molecule has 1 heterocycles. The standard InChI is InChI=1S/C10H9IOS/c1-6-2-7(5-12)3-9-8(6)4-10(11)13-9/h2-4,12H,5H2,1H3. The molecule has 68 valence electrons. The first-order chi connectivity index (χ1) is 6.20. The minimum Gasteiger partial charge on any atom is -0.392 e. The second-order valence-corrected chi connectivity index (χ2v) is 6.01. The minimum atomic E-state index is 0.130. The smallest absolute Gasteiger partial charge is 0.0682 e. The van der Waals surface area contributed by atoms with Crippen LogP contribution >= 0.6 is 33.9 Å². The summed E-state index contributed by atoms with van der Waals surface area (Å²) < 4.78 is 2.57. The summed E-state index contributed by atoms with van der Waals surface area (Å²) in [7, 11) is 0. The van der Waals surface area contributed by atoms with Crippen LogP contribution < -0.4 is 0 Å². The van der Waals surface area contributed by atoms with Gasteiger partial charge >= 0.3 is 0 Å². The zero-order valence-corrected chi connectivity index (χ0v) is 10.1. The lowest BCUT2D eigenvalue weighted by Crippen LogP contribution is -1.83. The van der Waals surface area contributed by atoms with E-state index >= 15 is 0 Å². The summed E-state index contributed by atoms with van der Waals surface area (Å²) in [6.45, 7) is 2.22. The summed E-state index contributed by atoms with van der Waals surface area (Å²) in [6, 6.07) is 6.30. The maximum Gasteiger partial charge on any atom is 0.0682 e. The van der Waals surface area contributed by atoms with Gasteiger partial charge in [0.2, 0.25) is 0 Å². The van der Waals surface area contributed by atoms with Gasteiger partial charge in [-0.25, -0.2) is 0 Å². The molecule has 1 aromatic heterocycles. The number of aryl methyl sites for hydroxylation is 1. The second kappa shape index (κ2) is 3.55. The van der Waals surface area contributed by atoms with E-state index in [0.29, 0.717) is 0 Å². The summed E-state index contributed by atoms with van der Waals surface area (Å²) >= 11 is 4.10. The molecule has 3 heteroatoms. The predicted molar refractivity (Wildman–Crippen MR) is 65.2 cm³/mol. The highest BCUT2D eigenvalue weighted by Crippen LogP contribution is 2.30. The van der Waals surface area contributed by atoms with E-state index in [0.717, 1.165) is 5.56 Å². The van der Waals surface area contributed by atoms with Crippen LogP contribution in [-0.2, 0) is 6.61 Å². The third-order valence-corrected chi connectivity index (χ3v) is 3.90. The van der Waals surface area contributed by atoms with Gasteiger partial charge in [0, 0.05) is 4.70 Å². The van der Waals surface area contributed by atoms with E-state index < -0.39 is 0 Å². The molecule has 0 unspecified atom stereocenters. The number of benzene rings is 1. The lowest BCUT2D eigenvalue weighted by molar-refractivity contribution is 0.282. The molecule has 0 aliphatic carbocycles. The van der Waals surface area contributed by atoms with E-state index in [2.05, 4.69) is 41.6 Å². The SMILES string of the molecule is Cc1cc(CO)cc2sc(I)cc12. The van der Waals surface area contributed by atoms with Crippen LogP contribution in [0.25, 0.3) is 10.1 Å². The summed E-state index contributed by atoms with van der Waals surface area (Å²) in [5.74, 6) is 0. The molecule has 1 aromatic carbocycles. The third kappa shape index (κ3) is 1.73. The van der Waals surface area contributed by atoms with E-state index in [1.165, 1.54) is 18.5 Å². The third-order valence-electron chi connectivity index (χ3n) is 2.06. The largest absolute Gasteiger partial charge is 0.392 e. The molecule has 0 radical (unpaired) electrons. The molecule has 0 bridgehead atoms. The molecule has 2 aromatic rings. The normalized spacial score (nSPS) is 11.0. The zero-order chi connectivity index (χ0) is 9.42. The molecule has 1 nitrogen and oxygen atoms in total. The van der Waals surface area contributed by atoms with Crippen molar-refractivity contribution in [1.82, 2.24) is 0 Å². The molecule has 0 aliphatic rings. The fourth-order valence-electron chi connectivity index (χ4n) is 1.45. The van der Waals surface area contributed by atoms with Crippen molar-refractivity contribution in [2.24, 2.45) is 0 Å². The number of hydrogen-bond donors (Lipinski definition) is 1. The zero-order valence-electron chi connectivity index (χ0n) is 7.17. The molecule has 0 spiro atoms. The lowest BCUT2D eigenvalue weighted by atomic mass is 10.1. The molecular formula is C10H9IOS. The Labute approximate surface area is 94.5 Å². The molecule has 13 heavy (non-hydrogen) atoms. The van der Waals surface area contributed by atoms with Crippen LogP contribution in [0.15, 0.2) is 18.2 Å². The van der Waals surface area contributed by atoms with Crippen LogP contribution in [0.5, 0.6) is 0 Å². The molecule has 0 atom stereocenters. The predicted octanol–water partition coefficient (Wildman–Crippen LogP) is 3.31. The van der Waals surface area contributed by atoms with Crippen LogP contribution in [0.4, 0.5) is 0 Å². The van der Waals surface area contributed by atoms with Crippen LogP contribution in [0.1, 0.15) is 11.1 Å². The highest BCUT2D eigenvalue weighted by atomic mass is 127. The van der Waals surface area contributed by atoms with Gasteiger partial charge in [-0.2, -0.15) is 0 Å². The topological polar surface area (TPSA) is 20.2 Å². The minimum absolute atomic E-state index is 0.130. The van der Waals surface area contributed by atoms with Crippen molar-refractivity contribution in [3.05, 3.63) is 32.2 Å². The molecule has 0 saturated heterocycles. The molecule has 2 rings (SSSR count). The van der Waals surface area contributed by atoms with Crippen LogP contribution in [-0.4, -0.2) is 5.11 Å². The average Bonchev–Trinajstić information content (AvgIpc) is 2.46. The fourth-order valence-corrected chi connectivity index (χ4v) is 3.40. The molecule has 0 fully saturated rings. The van der Waals surface area contributed by atoms with Crippen LogP contribution in [0.3, 0.4) is 0 Å². The van der Waals surface area contributed by atoms with E-state index in [4.69, 9.17) is 5.11 Å². The Morgan fingerprint density at radius 1 is 1.38 bits per heavy atom. The first kappa shape index (κ1) is 9.43. The monoisotopic (exact) mass is 304 g/mol. The van der Waals surface area contributed by atoms with Gasteiger partial charge < -0.3 is 5.11 Å². The Hall–Kier alpha value is -0.130. The van der Waals surface area contributed by atoms with Gasteiger partial charge in [-0.3, -0.25) is 0 Å². The van der Waals surface area contributed by atoms with Gasteiger partial charge in [0.15, 0.2) is 0 Å². The Bertz CT molecular complexity index is 447. The highest BCUT2D eigenvalue weighted by Gasteiger charge is 2.03. The Morgan fingerprint density at radius 3 is 2.85 bits per heavy atom. The quantitative estimate of drug-likeness (QED) is 0.802. The van der Waals surface area contributed by atoms with Crippen molar-refractivity contribution in [2.45, 2.75) is 13.5 Å². The van der Waals surface area contributed by atoms with E-state index in [-0.39, 0.29) is 6.61 Å². The first-order valence-corrected chi connectivity index (χ1v) is 5.89.